The summed E-state index contributed by atoms with van der Waals surface area (Å²) in [7, 11) is 3.01. The first-order valence-electron chi connectivity index (χ1n) is 6.40. The highest BCUT2D eigenvalue weighted by Gasteiger charge is 2.41. The minimum atomic E-state index is -0.723. The number of primary amides is 1. The van der Waals surface area contributed by atoms with Gasteiger partial charge in [0.2, 0.25) is 5.91 Å². The first-order valence-corrected chi connectivity index (χ1v) is 6.40. The number of benzene rings is 1. The molecule has 1 aromatic rings. The van der Waals surface area contributed by atoms with Crippen LogP contribution in [0.4, 0.5) is 0 Å². The highest BCUT2D eigenvalue weighted by Crippen LogP contribution is 2.25. The lowest BCUT2D eigenvalue weighted by atomic mass is 9.92. The zero-order chi connectivity index (χ0) is 15.5. The molecule has 2 amide bonds. The van der Waals surface area contributed by atoms with Crippen molar-refractivity contribution >= 4 is 11.8 Å². The third-order valence-corrected chi connectivity index (χ3v) is 3.26. The second-order valence-corrected chi connectivity index (χ2v) is 4.97. The van der Waals surface area contributed by atoms with E-state index in [9.17, 15) is 9.59 Å². The molecule has 0 unspecified atom stereocenters. The van der Waals surface area contributed by atoms with Gasteiger partial charge in [-0.1, -0.05) is 0 Å². The smallest absolute Gasteiger partial charge is 0.252 e. The van der Waals surface area contributed by atoms with Crippen LogP contribution in [0.15, 0.2) is 18.2 Å². The highest BCUT2D eigenvalue weighted by molar-refractivity contribution is 5.96. The summed E-state index contributed by atoms with van der Waals surface area (Å²) in [4.78, 5) is 23.4. The number of hydrogen-bond donors (Lipinski definition) is 2. The van der Waals surface area contributed by atoms with Crippen LogP contribution in [-0.2, 0) is 9.53 Å². The molecule has 1 aromatic carbocycles. The van der Waals surface area contributed by atoms with Gasteiger partial charge in [-0.05, 0) is 12.1 Å². The molecule has 0 bridgehead atoms. The summed E-state index contributed by atoms with van der Waals surface area (Å²) >= 11 is 0. The van der Waals surface area contributed by atoms with E-state index in [2.05, 4.69) is 5.32 Å². The Labute approximate surface area is 122 Å². The minimum Gasteiger partial charge on any atom is -0.497 e. The predicted octanol–water partition coefficient (Wildman–Crippen LogP) is 0.0780. The first-order chi connectivity index (χ1) is 9.98. The van der Waals surface area contributed by atoms with E-state index in [1.165, 1.54) is 14.2 Å². The first kappa shape index (κ1) is 15.1. The average molecular weight is 294 g/mol. The summed E-state index contributed by atoms with van der Waals surface area (Å²) in [6.45, 7) is 0.533. The van der Waals surface area contributed by atoms with Crippen LogP contribution in [0.1, 0.15) is 16.8 Å². The lowest BCUT2D eigenvalue weighted by Gasteiger charge is -2.41. The topological polar surface area (TPSA) is 99.9 Å². The Morgan fingerprint density at radius 2 is 1.81 bits per heavy atom. The zero-order valence-electron chi connectivity index (χ0n) is 12.0. The predicted molar refractivity (Wildman–Crippen MR) is 74.4 cm³/mol. The summed E-state index contributed by atoms with van der Waals surface area (Å²) in [6, 6.07) is 4.85. The van der Waals surface area contributed by atoms with Gasteiger partial charge in [-0.2, -0.15) is 0 Å². The number of hydrogen-bond acceptors (Lipinski definition) is 5. The summed E-state index contributed by atoms with van der Waals surface area (Å²) < 4.78 is 15.3. The normalized spacial score (nSPS) is 15.7. The van der Waals surface area contributed by atoms with Crippen LogP contribution in [0, 0.1) is 0 Å². The number of carbonyl (C=O) groups excluding carboxylic acids is 2. The molecule has 1 fully saturated rings. The molecule has 7 heteroatoms. The second-order valence-electron chi connectivity index (χ2n) is 4.97. The maximum atomic E-state index is 12.3. The number of nitrogens with one attached hydrogen (secondary N) is 1. The zero-order valence-corrected chi connectivity index (χ0v) is 12.0. The number of carbonyl (C=O) groups is 2. The Bertz CT molecular complexity index is 532. The van der Waals surface area contributed by atoms with Gasteiger partial charge in [0.25, 0.3) is 5.91 Å². The molecular weight excluding hydrogens is 276 g/mol. The molecule has 1 heterocycles. The van der Waals surface area contributed by atoms with Crippen molar-refractivity contribution in [2.24, 2.45) is 5.73 Å². The van der Waals surface area contributed by atoms with Crippen LogP contribution in [0.25, 0.3) is 0 Å². The Morgan fingerprint density at radius 1 is 1.24 bits per heavy atom. The fraction of sp³-hybridized carbons (Fsp3) is 0.429. The molecule has 3 N–H and O–H groups in total. The third kappa shape index (κ3) is 3.43. The molecule has 0 atom stereocenters. The number of methoxy groups -OCH3 is 2. The number of nitrogens with two attached hydrogens (primary N) is 1. The maximum Gasteiger partial charge on any atom is 0.252 e. The molecule has 1 saturated heterocycles. The van der Waals surface area contributed by atoms with Crippen LogP contribution >= 0.6 is 0 Å². The van der Waals surface area contributed by atoms with Crippen LogP contribution in [0.3, 0.4) is 0 Å². The highest BCUT2D eigenvalue weighted by atomic mass is 16.5. The van der Waals surface area contributed by atoms with Crippen molar-refractivity contribution in [3.8, 4) is 11.5 Å². The van der Waals surface area contributed by atoms with Gasteiger partial charge in [0, 0.05) is 11.6 Å². The van der Waals surface area contributed by atoms with Crippen molar-refractivity contribution in [1.29, 1.82) is 0 Å². The number of amides is 2. The second kappa shape index (κ2) is 6.01. The van der Waals surface area contributed by atoms with Crippen LogP contribution < -0.4 is 20.5 Å². The van der Waals surface area contributed by atoms with Crippen molar-refractivity contribution < 1.29 is 23.8 Å². The van der Waals surface area contributed by atoms with E-state index in [1.807, 2.05) is 0 Å². The fourth-order valence-corrected chi connectivity index (χ4v) is 2.15. The fourth-order valence-electron chi connectivity index (χ4n) is 2.15. The summed E-state index contributed by atoms with van der Waals surface area (Å²) in [5, 5.41) is 2.80. The van der Waals surface area contributed by atoms with Gasteiger partial charge in [-0.15, -0.1) is 0 Å². The van der Waals surface area contributed by atoms with Crippen molar-refractivity contribution in [2.75, 3.05) is 27.4 Å². The van der Waals surface area contributed by atoms with E-state index < -0.39 is 11.4 Å². The average Bonchev–Trinajstić information content (AvgIpc) is 2.43. The largest absolute Gasteiger partial charge is 0.497 e. The Balaban J connectivity index is 2.17. The van der Waals surface area contributed by atoms with Crippen molar-refractivity contribution in [3.05, 3.63) is 23.8 Å². The van der Waals surface area contributed by atoms with Gasteiger partial charge in [0.1, 0.15) is 11.5 Å². The minimum absolute atomic E-state index is 0.0415. The van der Waals surface area contributed by atoms with E-state index in [4.69, 9.17) is 19.9 Å². The molecule has 0 saturated carbocycles. The third-order valence-electron chi connectivity index (χ3n) is 3.26. The van der Waals surface area contributed by atoms with Crippen molar-refractivity contribution in [3.63, 3.8) is 0 Å². The lowest BCUT2D eigenvalue weighted by Crippen LogP contribution is -2.63. The van der Waals surface area contributed by atoms with Gasteiger partial charge in [-0.3, -0.25) is 9.59 Å². The van der Waals surface area contributed by atoms with E-state index in [1.54, 1.807) is 18.2 Å². The van der Waals surface area contributed by atoms with Gasteiger partial charge < -0.3 is 25.3 Å². The summed E-state index contributed by atoms with van der Waals surface area (Å²) in [5.41, 5.74) is 4.86. The molecule has 1 aliphatic rings. The molecule has 0 aromatic heterocycles. The van der Waals surface area contributed by atoms with E-state index in [0.29, 0.717) is 17.1 Å². The molecule has 0 spiro atoms. The molecule has 21 heavy (non-hydrogen) atoms. The van der Waals surface area contributed by atoms with E-state index in [-0.39, 0.29) is 25.5 Å². The van der Waals surface area contributed by atoms with E-state index in [0.717, 1.165) is 0 Å². The van der Waals surface area contributed by atoms with Crippen LogP contribution in [-0.4, -0.2) is 44.8 Å². The van der Waals surface area contributed by atoms with E-state index >= 15 is 0 Å². The monoisotopic (exact) mass is 294 g/mol. The van der Waals surface area contributed by atoms with Crippen molar-refractivity contribution in [1.82, 2.24) is 5.32 Å². The maximum absolute atomic E-state index is 12.3. The SMILES string of the molecule is COc1cc(OC)cc(C(=O)NC2(CC(N)=O)COC2)c1. The molecular formula is C14H18N2O5. The van der Waals surface area contributed by atoms with Gasteiger partial charge in [0.05, 0.1) is 39.4 Å². The standard InChI is InChI=1S/C14H18N2O5/c1-19-10-3-9(4-11(5-10)20-2)13(18)16-14(6-12(15)17)7-21-8-14/h3-5H,6-8H2,1-2H3,(H2,15,17)(H,16,18). The molecule has 1 aliphatic heterocycles. The summed E-state index contributed by atoms with van der Waals surface area (Å²) in [6.07, 6.45) is 0.0415. The van der Waals surface area contributed by atoms with Crippen LogP contribution in [0.2, 0.25) is 0 Å². The molecule has 0 aliphatic carbocycles. The lowest BCUT2D eigenvalue weighted by molar-refractivity contribution is -0.127. The molecule has 7 nitrogen and oxygen atoms in total. The Morgan fingerprint density at radius 3 is 2.19 bits per heavy atom. The van der Waals surface area contributed by atoms with Gasteiger partial charge in [0.15, 0.2) is 0 Å². The van der Waals surface area contributed by atoms with Crippen LogP contribution in [0.5, 0.6) is 11.5 Å². The Hall–Kier alpha value is -2.28. The number of ether oxygens (including phenoxy) is 3. The molecule has 0 radical (unpaired) electrons. The quantitative estimate of drug-likeness (QED) is 0.774. The summed E-state index contributed by atoms with van der Waals surface area (Å²) in [5.74, 6) is 0.195. The van der Waals surface area contributed by atoms with Gasteiger partial charge in [-0.25, -0.2) is 0 Å². The van der Waals surface area contributed by atoms with Crippen molar-refractivity contribution in [2.45, 2.75) is 12.0 Å². The van der Waals surface area contributed by atoms with Gasteiger partial charge >= 0.3 is 0 Å². The molecule has 114 valence electrons. The Kier molecular flexibility index (Phi) is 4.32. The number of rotatable bonds is 6. The molecule has 2 rings (SSSR count).